The van der Waals surface area contributed by atoms with E-state index in [4.69, 9.17) is 0 Å². The summed E-state index contributed by atoms with van der Waals surface area (Å²) >= 11 is 0. The Morgan fingerprint density at radius 3 is 2.53 bits per heavy atom. The summed E-state index contributed by atoms with van der Waals surface area (Å²) in [7, 11) is 0. The Labute approximate surface area is 92.2 Å². The standard InChI is InChI=1S/C12H21N2O/c15-12-13-8-5-9-14(12)10-11-6-3-1-2-4-7-11/h11H,1-10H2. The van der Waals surface area contributed by atoms with Gasteiger partial charge < -0.3 is 4.90 Å². The van der Waals surface area contributed by atoms with Crippen molar-refractivity contribution >= 4 is 6.03 Å². The molecular formula is C12H21N2O. The molecule has 0 atom stereocenters. The maximum absolute atomic E-state index is 11.5. The topological polar surface area (TPSA) is 34.4 Å². The highest BCUT2D eigenvalue weighted by Gasteiger charge is 2.22. The van der Waals surface area contributed by atoms with E-state index in [2.05, 4.69) is 5.32 Å². The maximum atomic E-state index is 11.5. The molecule has 2 fully saturated rings. The van der Waals surface area contributed by atoms with Crippen molar-refractivity contribution in [3.05, 3.63) is 0 Å². The second kappa shape index (κ2) is 5.38. The van der Waals surface area contributed by atoms with Gasteiger partial charge in [0.25, 0.3) is 0 Å². The molecule has 0 bridgehead atoms. The van der Waals surface area contributed by atoms with Gasteiger partial charge in [-0.1, -0.05) is 25.7 Å². The van der Waals surface area contributed by atoms with E-state index in [1.165, 1.54) is 38.5 Å². The molecule has 1 heterocycles. The number of carbonyl (C=O) groups excluding carboxylic acids is 1. The summed E-state index contributed by atoms with van der Waals surface area (Å²) in [5.41, 5.74) is 0. The number of amides is 2. The molecular weight excluding hydrogens is 188 g/mol. The largest absolute Gasteiger partial charge is 0.338 e. The SMILES string of the molecule is O=C1[N]CCCN1CC1CCCCCC1. The predicted molar refractivity (Wildman–Crippen MR) is 59.8 cm³/mol. The number of rotatable bonds is 2. The molecule has 3 nitrogen and oxygen atoms in total. The number of nitrogens with zero attached hydrogens (tertiary/aromatic N) is 2. The van der Waals surface area contributed by atoms with Crippen LogP contribution in [0.4, 0.5) is 4.79 Å². The first-order valence-corrected chi connectivity index (χ1v) is 6.32. The first-order valence-electron chi connectivity index (χ1n) is 6.32. The molecule has 1 radical (unpaired) electrons. The summed E-state index contributed by atoms with van der Waals surface area (Å²) in [6.45, 7) is 2.63. The minimum Gasteiger partial charge on any atom is -0.323 e. The van der Waals surface area contributed by atoms with Gasteiger partial charge in [-0.2, -0.15) is 0 Å². The van der Waals surface area contributed by atoms with E-state index in [0.29, 0.717) is 0 Å². The number of carbonyl (C=O) groups is 1. The molecule has 2 rings (SSSR count). The number of hydrogen-bond acceptors (Lipinski definition) is 1. The van der Waals surface area contributed by atoms with E-state index < -0.39 is 0 Å². The predicted octanol–water partition coefficient (Wildman–Crippen LogP) is 2.39. The van der Waals surface area contributed by atoms with Crippen molar-refractivity contribution in [2.75, 3.05) is 19.6 Å². The quantitative estimate of drug-likeness (QED) is 0.643. The van der Waals surface area contributed by atoms with Gasteiger partial charge in [-0.25, -0.2) is 10.1 Å². The van der Waals surface area contributed by atoms with Gasteiger partial charge in [0.05, 0.1) is 0 Å². The van der Waals surface area contributed by atoms with Crippen molar-refractivity contribution in [3.63, 3.8) is 0 Å². The first-order chi connectivity index (χ1) is 7.36. The summed E-state index contributed by atoms with van der Waals surface area (Å²) in [4.78, 5) is 13.5. The molecule has 2 amide bonds. The van der Waals surface area contributed by atoms with Crippen molar-refractivity contribution < 1.29 is 4.79 Å². The van der Waals surface area contributed by atoms with E-state index in [1.807, 2.05) is 4.90 Å². The molecule has 0 unspecified atom stereocenters. The van der Waals surface area contributed by atoms with Gasteiger partial charge in [-0.3, -0.25) is 0 Å². The van der Waals surface area contributed by atoms with Crippen molar-refractivity contribution in [1.29, 1.82) is 0 Å². The van der Waals surface area contributed by atoms with Gasteiger partial charge in [-0.15, -0.1) is 0 Å². The summed E-state index contributed by atoms with van der Waals surface area (Å²) < 4.78 is 0. The Balaban J connectivity index is 1.80. The van der Waals surface area contributed by atoms with E-state index in [1.54, 1.807) is 0 Å². The maximum Gasteiger partial charge on any atom is 0.338 e. The fraction of sp³-hybridized carbons (Fsp3) is 0.917. The lowest BCUT2D eigenvalue weighted by Crippen LogP contribution is -2.44. The van der Waals surface area contributed by atoms with Crippen LogP contribution in [0.1, 0.15) is 44.9 Å². The van der Waals surface area contributed by atoms with Crippen LogP contribution >= 0.6 is 0 Å². The van der Waals surface area contributed by atoms with Crippen LogP contribution in [-0.4, -0.2) is 30.6 Å². The Morgan fingerprint density at radius 1 is 1.13 bits per heavy atom. The van der Waals surface area contributed by atoms with E-state index in [0.717, 1.165) is 32.0 Å². The molecule has 1 aliphatic carbocycles. The Morgan fingerprint density at radius 2 is 1.87 bits per heavy atom. The minimum absolute atomic E-state index is 0.0329. The molecule has 1 aliphatic heterocycles. The zero-order valence-corrected chi connectivity index (χ0v) is 9.45. The molecule has 85 valence electrons. The van der Waals surface area contributed by atoms with Crippen LogP contribution in [0.25, 0.3) is 0 Å². The first kappa shape index (κ1) is 10.8. The van der Waals surface area contributed by atoms with Gasteiger partial charge in [0.2, 0.25) is 0 Å². The molecule has 0 aromatic rings. The molecule has 2 aliphatic rings. The third-order valence-corrected chi connectivity index (χ3v) is 3.56. The highest BCUT2D eigenvalue weighted by Crippen LogP contribution is 2.24. The summed E-state index contributed by atoms with van der Waals surface area (Å²) in [6.07, 6.45) is 9.14. The lowest BCUT2D eigenvalue weighted by Gasteiger charge is -2.29. The average molecular weight is 209 g/mol. The number of hydrogen-bond donors (Lipinski definition) is 0. The highest BCUT2D eigenvalue weighted by atomic mass is 16.2. The van der Waals surface area contributed by atoms with Crippen molar-refractivity contribution in [2.24, 2.45) is 5.92 Å². The van der Waals surface area contributed by atoms with Gasteiger partial charge in [0, 0.05) is 19.6 Å². The normalized spacial score (nSPS) is 24.8. The summed E-state index contributed by atoms with van der Waals surface area (Å²) in [6, 6.07) is 0.0329. The second-order valence-electron chi connectivity index (χ2n) is 4.82. The molecule has 1 saturated heterocycles. The van der Waals surface area contributed by atoms with Gasteiger partial charge in [0.1, 0.15) is 0 Å². The minimum atomic E-state index is 0.0329. The Bertz CT molecular complexity index is 210. The molecule has 0 N–H and O–H groups in total. The molecule has 0 aromatic heterocycles. The monoisotopic (exact) mass is 209 g/mol. The Kier molecular flexibility index (Phi) is 3.87. The van der Waals surface area contributed by atoms with Gasteiger partial charge >= 0.3 is 6.03 Å². The van der Waals surface area contributed by atoms with Crippen LogP contribution in [0.15, 0.2) is 0 Å². The summed E-state index contributed by atoms with van der Waals surface area (Å²) in [5, 5.41) is 3.99. The second-order valence-corrected chi connectivity index (χ2v) is 4.82. The molecule has 0 aromatic carbocycles. The van der Waals surface area contributed by atoms with Crippen LogP contribution < -0.4 is 5.32 Å². The number of urea groups is 1. The van der Waals surface area contributed by atoms with Crippen LogP contribution in [-0.2, 0) is 0 Å². The molecule has 3 heteroatoms. The zero-order chi connectivity index (χ0) is 10.5. The lowest BCUT2D eigenvalue weighted by atomic mass is 9.99. The fourth-order valence-corrected chi connectivity index (χ4v) is 2.66. The third kappa shape index (κ3) is 3.11. The van der Waals surface area contributed by atoms with Crippen LogP contribution in [0, 0.1) is 5.92 Å². The van der Waals surface area contributed by atoms with Crippen molar-refractivity contribution in [3.8, 4) is 0 Å². The van der Waals surface area contributed by atoms with Crippen molar-refractivity contribution in [1.82, 2.24) is 10.2 Å². The van der Waals surface area contributed by atoms with Crippen LogP contribution in [0.5, 0.6) is 0 Å². The van der Waals surface area contributed by atoms with E-state index >= 15 is 0 Å². The average Bonchev–Trinajstić information content (AvgIpc) is 2.50. The molecule has 0 spiro atoms. The van der Waals surface area contributed by atoms with Crippen LogP contribution in [0.2, 0.25) is 0 Å². The zero-order valence-electron chi connectivity index (χ0n) is 9.45. The smallest absolute Gasteiger partial charge is 0.323 e. The van der Waals surface area contributed by atoms with Gasteiger partial charge in [-0.05, 0) is 25.2 Å². The Hall–Kier alpha value is -0.730. The van der Waals surface area contributed by atoms with Crippen LogP contribution in [0.3, 0.4) is 0 Å². The lowest BCUT2D eigenvalue weighted by molar-refractivity contribution is 0.171. The fourth-order valence-electron chi connectivity index (χ4n) is 2.66. The van der Waals surface area contributed by atoms with Gasteiger partial charge in [0.15, 0.2) is 0 Å². The highest BCUT2D eigenvalue weighted by molar-refractivity contribution is 5.74. The van der Waals surface area contributed by atoms with E-state index in [-0.39, 0.29) is 6.03 Å². The third-order valence-electron chi connectivity index (χ3n) is 3.56. The molecule has 1 saturated carbocycles. The summed E-state index contributed by atoms with van der Waals surface area (Å²) in [5.74, 6) is 0.741. The molecule has 15 heavy (non-hydrogen) atoms. The van der Waals surface area contributed by atoms with E-state index in [9.17, 15) is 4.79 Å². The van der Waals surface area contributed by atoms with Crippen molar-refractivity contribution in [2.45, 2.75) is 44.9 Å².